The number of aromatic nitrogens is 2. The minimum absolute atomic E-state index is 0.00117. The molecule has 0 spiro atoms. The Morgan fingerprint density at radius 3 is 2.40 bits per heavy atom. The molecule has 3 rings (SSSR count). The first kappa shape index (κ1) is 22.0. The minimum atomic E-state index is -5.00. The molecule has 1 atom stereocenters. The summed E-state index contributed by atoms with van der Waals surface area (Å²) in [6.45, 7) is 2.94. The largest absolute Gasteiger partial charge is 0.496 e. The van der Waals surface area contributed by atoms with Gasteiger partial charge in [-0.05, 0) is 42.2 Å². The second-order valence-corrected chi connectivity index (χ2v) is 7.97. The van der Waals surface area contributed by atoms with E-state index >= 15 is 0 Å². The summed E-state index contributed by atoms with van der Waals surface area (Å²) >= 11 is 0. The molecule has 2 aromatic heterocycles. The number of H-pyrrole nitrogens is 1. The Morgan fingerprint density at radius 1 is 1.10 bits per heavy atom. The van der Waals surface area contributed by atoms with Crippen molar-refractivity contribution in [3.8, 4) is 5.75 Å². The molecule has 0 fully saturated rings. The van der Waals surface area contributed by atoms with Crippen LogP contribution in [0.1, 0.15) is 31.5 Å². The summed E-state index contributed by atoms with van der Waals surface area (Å²) in [5, 5.41) is 11.1. The van der Waals surface area contributed by atoms with Crippen molar-refractivity contribution >= 4 is 10.9 Å². The van der Waals surface area contributed by atoms with Gasteiger partial charge in [0, 0.05) is 29.3 Å². The highest BCUT2D eigenvalue weighted by molar-refractivity contribution is 5.79. The van der Waals surface area contributed by atoms with E-state index in [0.29, 0.717) is 5.39 Å². The Bertz CT molecular complexity index is 1060. The molecule has 0 saturated carbocycles. The molecule has 162 valence electrons. The number of methoxy groups -OCH3 is 1. The third kappa shape index (κ3) is 4.12. The van der Waals surface area contributed by atoms with E-state index in [1.54, 1.807) is 0 Å². The lowest BCUT2D eigenvalue weighted by Gasteiger charge is -2.38. The number of hydrogen-bond donors (Lipinski definition) is 2. The molecule has 3 aromatic rings. The Labute approximate surface area is 169 Å². The van der Waals surface area contributed by atoms with Gasteiger partial charge >= 0.3 is 6.18 Å². The van der Waals surface area contributed by atoms with Crippen LogP contribution in [0.2, 0.25) is 0 Å². The number of ether oxygens (including phenoxy) is 1. The number of halogens is 5. The van der Waals surface area contributed by atoms with Gasteiger partial charge in [0.2, 0.25) is 5.95 Å². The fourth-order valence-corrected chi connectivity index (χ4v) is 3.79. The quantitative estimate of drug-likeness (QED) is 0.427. The van der Waals surface area contributed by atoms with Crippen molar-refractivity contribution in [1.82, 2.24) is 9.97 Å². The maximum atomic E-state index is 14.0. The highest BCUT2D eigenvalue weighted by Crippen LogP contribution is 2.45. The predicted molar refractivity (Wildman–Crippen MR) is 101 cm³/mol. The van der Waals surface area contributed by atoms with E-state index in [1.807, 2.05) is 0 Å². The van der Waals surface area contributed by atoms with Crippen LogP contribution in [0.4, 0.5) is 22.0 Å². The highest BCUT2D eigenvalue weighted by atomic mass is 19.4. The first-order valence-corrected chi connectivity index (χ1v) is 9.11. The molecule has 0 aliphatic heterocycles. The molecule has 4 nitrogen and oxygen atoms in total. The van der Waals surface area contributed by atoms with Crippen LogP contribution >= 0.6 is 0 Å². The van der Waals surface area contributed by atoms with E-state index in [9.17, 15) is 27.1 Å². The van der Waals surface area contributed by atoms with E-state index in [0.717, 1.165) is 12.1 Å². The second kappa shape index (κ2) is 7.54. The molecule has 0 radical (unpaired) electrons. The zero-order chi connectivity index (χ0) is 22.3. The number of pyridine rings is 1. The molecule has 0 amide bonds. The number of nitrogens with one attached hydrogen (secondary N) is 1. The highest BCUT2D eigenvalue weighted by Gasteiger charge is 2.56. The van der Waals surface area contributed by atoms with Crippen molar-refractivity contribution in [2.45, 2.75) is 43.9 Å². The lowest BCUT2D eigenvalue weighted by Crippen LogP contribution is -2.51. The van der Waals surface area contributed by atoms with Gasteiger partial charge in [0.15, 0.2) is 5.60 Å². The lowest BCUT2D eigenvalue weighted by atomic mass is 9.73. The van der Waals surface area contributed by atoms with Crippen LogP contribution in [0, 0.1) is 11.8 Å². The van der Waals surface area contributed by atoms with Gasteiger partial charge in [0.05, 0.1) is 7.11 Å². The van der Waals surface area contributed by atoms with Crippen molar-refractivity contribution in [2.75, 3.05) is 7.11 Å². The maximum absolute atomic E-state index is 14.0. The van der Waals surface area contributed by atoms with Gasteiger partial charge in [0.1, 0.15) is 17.1 Å². The number of fused-ring (bicyclic) bond motifs is 1. The third-order valence-electron chi connectivity index (χ3n) is 5.19. The van der Waals surface area contributed by atoms with E-state index in [1.165, 1.54) is 45.4 Å². The number of alkyl halides is 3. The number of aliphatic hydroxyl groups is 1. The normalized spacial score (nSPS) is 14.7. The van der Waals surface area contributed by atoms with E-state index in [4.69, 9.17) is 4.74 Å². The molecule has 0 saturated heterocycles. The van der Waals surface area contributed by atoms with Crippen LogP contribution in [-0.2, 0) is 11.8 Å². The van der Waals surface area contributed by atoms with Crippen molar-refractivity contribution in [2.24, 2.45) is 0 Å². The van der Waals surface area contributed by atoms with Crippen molar-refractivity contribution < 1.29 is 31.8 Å². The van der Waals surface area contributed by atoms with E-state index < -0.39 is 41.8 Å². The maximum Gasteiger partial charge on any atom is 0.417 e. The Kier molecular flexibility index (Phi) is 5.53. The molecular weight excluding hydrogens is 407 g/mol. The Hall–Kier alpha value is -2.68. The molecule has 1 unspecified atom stereocenters. The Morgan fingerprint density at radius 2 is 1.80 bits per heavy atom. The summed E-state index contributed by atoms with van der Waals surface area (Å²) in [6.07, 6.45) is -5.42. The van der Waals surface area contributed by atoms with Crippen molar-refractivity contribution in [3.05, 3.63) is 59.6 Å². The second-order valence-electron chi connectivity index (χ2n) is 7.97. The predicted octanol–water partition coefficient (Wildman–Crippen LogP) is 5.05. The van der Waals surface area contributed by atoms with E-state index in [-0.39, 0.29) is 22.5 Å². The molecule has 0 aliphatic carbocycles. The fourth-order valence-electron chi connectivity index (χ4n) is 3.79. The van der Waals surface area contributed by atoms with E-state index in [2.05, 4.69) is 9.97 Å². The average Bonchev–Trinajstić information content (AvgIpc) is 3.04. The van der Waals surface area contributed by atoms with Gasteiger partial charge in [-0.25, -0.2) is 9.37 Å². The molecule has 9 heteroatoms. The summed E-state index contributed by atoms with van der Waals surface area (Å²) in [5.41, 5.74) is -4.32. The van der Waals surface area contributed by atoms with Gasteiger partial charge in [-0.3, -0.25) is 0 Å². The molecule has 2 N–H and O–H groups in total. The average molecular weight is 428 g/mol. The van der Waals surface area contributed by atoms with Crippen LogP contribution in [0.15, 0.2) is 36.5 Å². The van der Waals surface area contributed by atoms with Crippen LogP contribution in [-0.4, -0.2) is 34.0 Å². The summed E-state index contributed by atoms with van der Waals surface area (Å²) in [5.74, 6) is -1.27. The first-order valence-electron chi connectivity index (χ1n) is 9.11. The smallest absolute Gasteiger partial charge is 0.417 e. The molecule has 0 bridgehead atoms. The molecule has 1 aromatic carbocycles. The SMILES string of the molecule is COc1ccc(F)cc1C(C)(C)CC(O)(Cc1cc2ccnc(F)c2[nH]1)C(F)(F)F. The first-order chi connectivity index (χ1) is 13.9. The van der Waals surface area contributed by atoms with Gasteiger partial charge in [-0.2, -0.15) is 17.6 Å². The van der Waals surface area contributed by atoms with Gasteiger partial charge in [-0.15, -0.1) is 0 Å². The molecule has 0 aliphatic rings. The molecule has 30 heavy (non-hydrogen) atoms. The molecular formula is C21H21F5N2O2. The third-order valence-corrected chi connectivity index (χ3v) is 5.19. The summed E-state index contributed by atoms with van der Waals surface area (Å²) < 4.78 is 74.7. The van der Waals surface area contributed by atoms with Crippen LogP contribution < -0.4 is 4.74 Å². The number of rotatable bonds is 6. The zero-order valence-electron chi connectivity index (χ0n) is 16.6. The number of aromatic amines is 1. The minimum Gasteiger partial charge on any atom is -0.496 e. The Balaban J connectivity index is 2.01. The van der Waals surface area contributed by atoms with Crippen molar-refractivity contribution in [3.63, 3.8) is 0 Å². The van der Waals surface area contributed by atoms with Gasteiger partial charge < -0.3 is 14.8 Å². The standard InChI is InChI=1S/C21H21F5N2O2/c1-19(2,15-9-13(22)4-5-16(15)30-3)11-20(29,21(24,25)26)10-14-8-12-6-7-27-18(23)17(12)28-14/h4-9,28-29H,10-11H2,1-3H3. The topological polar surface area (TPSA) is 58.1 Å². The zero-order valence-corrected chi connectivity index (χ0v) is 16.6. The number of nitrogens with zero attached hydrogens (tertiary/aromatic N) is 1. The van der Waals surface area contributed by atoms with Crippen molar-refractivity contribution in [1.29, 1.82) is 0 Å². The monoisotopic (exact) mass is 428 g/mol. The summed E-state index contributed by atoms with van der Waals surface area (Å²) in [4.78, 5) is 6.03. The summed E-state index contributed by atoms with van der Waals surface area (Å²) in [6, 6.07) is 6.35. The number of benzene rings is 1. The lowest BCUT2D eigenvalue weighted by molar-refractivity contribution is -0.266. The van der Waals surface area contributed by atoms with Gasteiger partial charge in [-0.1, -0.05) is 13.8 Å². The fraction of sp³-hybridized carbons (Fsp3) is 0.381. The molecule has 2 heterocycles. The summed E-state index contributed by atoms with van der Waals surface area (Å²) in [7, 11) is 1.33. The van der Waals surface area contributed by atoms with Crippen LogP contribution in [0.5, 0.6) is 5.75 Å². The van der Waals surface area contributed by atoms with Gasteiger partial charge in [0.25, 0.3) is 0 Å². The van der Waals surface area contributed by atoms with Crippen LogP contribution in [0.3, 0.4) is 0 Å². The number of hydrogen-bond acceptors (Lipinski definition) is 3. The van der Waals surface area contributed by atoms with Crippen LogP contribution in [0.25, 0.3) is 10.9 Å².